The Labute approximate surface area is 123 Å². The van der Waals surface area contributed by atoms with E-state index in [4.69, 9.17) is 0 Å². The molecule has 3 nitrogen and oxygen atoms in total. The lowest BCUT2D eigenvalue weighted by molar-refractivity contribution is 0.768. The van der Waals surface area contributed by atoms with Crippen LogP contribution in [-0.2, 0) is 6.54 Å². The Morgan fingerprint density at radius 3 is 2.76 bits per heavy atom. The first-order valence-electron chi connectivity index (χ1n) is 7.42. The van der Waals surface area contributed by atoms with E-state index in [1.54, 1.807) is 6.34 Å². The van der Waals surface area contributed by atoms with Crippen LogP contribution in [0.1, 0.15) is 24.9 Å². The fourth-order valence-corrected chi connectivity index (χ4v) is 3.23. The van der Waals surface area contributed by atoms with Gasteiger partial charge in [0.1, 0.15) is 6.34 Å². The first-order valence-corrected chi connectivity index (χ1v) is 7.42. The third kappa shape index (κ3) is 1.88. The molecule has 104 valence electrons. The normalized spacial score (nSPS) is 17.9. The van der Waals surface area contributed by atoms with E-state index in [1.165, 1.54) is 27.4 Å². The molecule has 0 N–H and O–H groups in total. The van der Waals surface area contributed by atoms with Crippen LogP contribution in [0.4, 0.5) is 0 Å². The van der Waals surface area contributed by atoms with Crippen LogP contribution in [0, 0.1) is 0 Å². The minimum Gasteiger partial charge on any atom is -0.341 e. The van der Waals surface area contributed by atoms with Gasteiger partial charge in [0.2, 0.25) is 0 Å². The fraction of sp³-hybridized carbons (Fsp3) is 0.222. The first kappa shape index (κ1) is 12.3. The molecule has 0 saturated heterocycles. The predicted molar refractivity (Wildman–Crippen MR) is 89.5 cm³/mol. The molecule has 0 bridgehead atoms. The molecule has 0 aliphatic carbocycles. The molecule has 1 atom stereocenters. The predicted octanol–water partition coefficient (Wildman–Crippen LogP) is 4.36. The molecule has 0 fully saturated rings. The summed E-state index contributed by atoms with van der Waals surface area (Å²) in [5.41, 5.74) is 3.88. The van der Waals surface area contributed by atoms with Gasteiger partial charge < -0.3 is 4.57 Å². The van der Waals surface area contributed by atoms with Crippen LogP contribution < -0.4 is 0 Å². The smallest absolute Gasteiger partial charge is 0.110 e. The topological polar surface area (TPSA) is 29.6 Å². The molecule has 1 aliphatic rings. The van der Waals surface area contributed by atoms with Crippen molar-refractivity contribution in [1.29, 1.82) is 0 Å². The van der Waals surface area contributed by atoms with E-state index >= 15 is 0 Å². The molecule has 3 heteroatoms. The van der Waals surface area contributed by atoms with Gasteiger partial charge in [0.25, 0.3) is 0 Å². The maximum Gasteiger partial charge on any atom is 0.110 e. The zero-order valence-electron chi connectivity index (χ0n) is 12.0. The highest BCUT2D eigenvalue weighted by molar-refractivity contribution is 6.08. The summed E-state index contributed by atoms with van der Waals surface area (Å²) in [6, 6.07) is 15.6. The van der Waals surface area contributed by atoms with Crippen LogP contribution in [0.5, 0.6) is 0 Å². The Morgan fingerprint density at radius 1 is 1.10 bits per heavy atom. The summed E-state index contributed by atoms with van der Waals surface area (Å²) in [5, 5.41) is 2.65. The summed E-state index contributed by atoms with van der Waals surface area (Å²) in [7, 11) is 0. The van der Waals surface area contributed by atoms with Crippen molar-refractivity contribution in [3.8, 4) is 0 Å². The van der Waals surface area contributed by atoms with Crippen LogP contribution in [0.15, 0.2) is 52.4 Å². The minimum atomic E-state index is 0.204. The zero-order chi connectivity index (χ0) is 14.2. The third-order valence-electron chi connectivity index (χ3n) is 4.24. The van der Waals surface area contributed by atoms with Crippen molar-refractivity contribution in [3.05, 3.63) is 48.0 Å². The Balaban J connectivity index is 1.97. The van der Waals surface area contributed by atoms with E-state index in [1.807, 2.05) is 6.21 Å². The maximum atomic E-state index is 4.48. The van der Waals surface area contributed by atoms with E-state index in [2.05, 4.69) is 63.9 Å². The second-order valence-electron chi connectivity index (χ2n) is 5.39. The lowest BCUT2D eigenvalue weighted by atomic mass is 10.0. The standard InChI is InChI=1S/C18H17N3/c1-2-21-17-6-4-3-5-14(17)15-11-13(7-8-18(15)21)16-9-10-19-12-20-16/h3-8,10-12,16H,2,9H2,1H3. The summed E-state index contributed by atoms with van der Waals surface area (Å²) in [4.78, 5) is 8.55. The second kappa shape index (κ2) is 4.85. The number of aryl methyl sites for hydroxylation is 1. The third-order valence-corrected chi connectivity index (χ3v) is 4.24. The molecule has 1 aliphatic heterocycles. The Morgan fingerprint density at radius 2 is 1.95 bits per heavy atom. The van der Waals surface area contributed by atoms with Crippen molar-refractivity contribution in [3.63, 3.8) is 0 Å². The molecule has 1 unspecified atom stereocenters. The number of hydrogen-bond donors (Lipinski definition) is 0. The largest absolute Gasteiger partial charge is 0.341 e. The lowest BCUT2D eigenvalue weighted by Gasteiger charge is -2.12. The van der Waals surface area contributed by atoms with Gasteiger partial charge in [-0.2, -0.15) is 0 Å². The number of benzene rings is 2. The van der Waals surface area contributed by atoms with Crippen LogP contribution in [0.3, 0.4) is 0 Å². The molecule has 0 radical (unpaired) electrons. The average Bonchev–Trinajstić information content (AvgIpc) is 2.88. The minimum absolute atomic E-state index is 0.204. The molecule has 0 amide bonds. The molecule has 21 heavy (non-hydrogen) atoms. The second-order valence-corrected chi connectivity index (χ2v) is 5.39. The fourth-order valence-electron chi connectivity index (χ4n) is 3.23. The molecule has 0 spiro atoms. The van der Waals surface area contributed by atoms with E-state index in [0.29, 0.717) is 0 Å². The van der Waals surface area contributed by atoms with Gasteiger partial charge in [-0.05, 0) is 30.7 Å². The van der Waals surface area contributed by atoms with Gasteiger partial charge in [-0.25, -0.2) is 4.99 Å². The monoisotopic (exact) mass is 275 g/mol. The van der Waals surface area contributed by atoms with Crippen molar-refractivity contribution >= 4 is 34.4 Å². The first-order chi connectivity index (χ1) is 10.4. The summed E-state index contributed by atoms with van der Waals surface area (Å²) < 4.78 is 2.38. The van der Waals surface area contributed by atoms with Crippen molar-refractivity contribution in [2.75, 3.05) is 0 Å². The number of nitrogens with zero attached hydrogens (tertiary/aromatic N) is 3. The van der Waals surface area contributed by atoms with Gasteiger partial charge in [0.15, 0.2) is 0 Å². The van der Waals surface area contributed by atoms with Crippen LogP contribution in [0.25, 0.3) is 21.8 Å². The highest BCUT2D eigenvalue weighted by atomic mass is 15.0. The Bertz CT molecular complexity index is 871. The summed E-state index contributed by atoms with van der Waals surface area (Å²) in [6.07, 6.45) is 4.49. The van der Waals surface area contributed by atoms with Crippen molar-refractivity contribution in [2.45, 2.75) is 25.9 Å². The summed E-state index contributed by atoms with van der Waals surface area (Å²) in [5.74, 6) is 0. The Kier molecular flexibility index (Phi) is 2.85. The average molecular weight is 275 g/mol. The van der Waals surface area contributed by atoms with Gasteiger partial charge >= 0.3 is 0 Å². The molecule has 2 aromatic carbocycles. The highest BCUT2D eigenvalue weighted by Crippen LogP contribution is 2.32. The van der Waals surface area contributed by atoms with Crippen LogP contribution >= 0.6 is 0 Å². The van der Waals surface area contributed by atoms with E-state index in [9.17, 15) is 0 Å². The molecule has 3 aromatic rings. The number of fused-ring (bicyclic) bond motifs is 3. The summed E-state index contributed by atoms with van der Waals surface area (Å²) >= 11 is 0. The SMILES string of the molecule is CCn1c2ccccc2c2cc(C3CC=NC=N3)ccc21. The lowest BCUT2D eigenvalue weighted by Crippen LogP contribution is -2.01. The zero-order valence-corrected chi connectivity index (χ0v) is 12.0. The molecular weight excluding hydrogens is 258 g/mol. The van der Waals surface area contributed by atoms with Gasteiger partial charge in [0, 0.05) is 41.0 Å². The van der Waals surface area contributed by atoms with Crippen molar-refractivity contribution in [2.24, 2.45) is 9.98 Å². The van der Waals surface area contributed by atoms with Gasteiger partial charge in [-0.15, -0.1) is 0 Å². The number of aromatic nitrogens is 1. The number of aliphatic imine (C=N–C) groups is 2. The molecule has 0 saturated carbocycles. The quantitative estimate of drug-likeness (QED) is 0.665. The van der Waals surface area contributed by atoms with Crippen molar-refractivity contribution < 1.29 is 0 Å². The van der Waals surface area contributed by atoms with E-state index in [-0.39, 0.29) is 6.04 Å². The van der Waals surface area contributed by atoms with Crippen molar-refractivity contribution in [1.82, 2.24) is 4.57 Å². The number of rotatable bonds is 2. The maximum absolute atomic E-state index is 4.48. The highest BCUT2D eigenvalue weighted by Gasteiger charge is 2.14. The van der Waals surface area contributed by atoms with Gasteiger partial charge in [-0.3, -0.25) is 4.99 Å². The van der Waals surface area contributed by atoms with Gasteiger partial charge in [-0.1, -0.05) is 24.3 Å². The van der Waals surface area contributed by atoms with Crippen LogP contribution in [-0.4, -0.2) is 17.1 Å². The van der Waals surface area contributed by atoms with E-state index < -0.39 is 0 Å². The van der Waals surface area contributed by atoms with Gasteiger partial charge in [0.05, 0.1) is 6.04 Å². The molecule has 2 heterocycles. The van der Waals surface area contributed by atoms with E-state index in [0.717, 1.165) is 13.0 Å². The molecular formula is C18H17N3. The number of para-hydroxylation sites is 1. The molecule has 1 aromatic heterocycles. The number of hydrogen-bond acceptors (Lipinski definition) is 2. The Hall–Kier alpha value is -2.42. The molecule has 4 rings (SSSR count). The van der Waals surface area contributed by atoms with Crippen LogP contribution in [0.2, 0.25) is 0 Å². The summed E-state index contributed by atoms with van der Waals surface area (Å²) in [6.45, 7) is 3.18.